The maximum atomic E-state index is 13.2. The van der Waals surface area contributed by atoms with Crippen LogP contribution < -0.4 is 15.0 Å². The van der Waals surface area contributed by atoms with E-state index in [1.165, 1.54) is 12.8 Å². The number of benzene rings is 1. The number of pyridine rings is 1. The molecule has 2 amide bonds. The van der Waals surface area contributed by atoms with Gasteiger partial charge < -0.3 is 15.0 Å². The van der Waals surface area contributed by atoms with E-state index in [0.29, 0.717) is 47.3 Å². The number of rotatable bonds is 5. The number of hydrogen-bond donors (Lipinski definition) is 1. The van der Waals surface area contributed by atoms with Crippen molar-refractivity contribution in [1.29, 1.82) is 0 Å². The van der Waals surface area contributed by atoms with Crippen molar-refractivity contribution < 1.29 is 14.3 Å². The number of fused-ring (bicyclic) bond motifs is 2. The molecule has 1 aromatic carbocycles. The second kappa shape index (κ2) is 9.04. The molecule has 1 aromatic heterocycles. The Morgan fingerprint density at radius 3 is 2.97 bits per heavy atom. The van der Waals surface area contributed by atoms with Crippen LogP contribution >= 0.6 is 11.6 Å². The second-order valence-electron chi connectivity index (χ2n) is 8.07. The first-order chi connectivity index (χ1) is 14.5. The molecule has 2 atom stereocenters. The molecule has 1 saturated carbocycles. The van der Waals surface area contributed by atoms with E-state index >= 15 is 0 Å². The summed E-state index contributed by atoms with van der Waals surface area (Å²) >= 11 is 6.19. The molecule has 30 heavy (non-hydrogen) atoms. The molecule has 1 aliphatic heterocycles. The van der Waals surface area contributed by atoms with Crippen LogP contribution in [0.5, 0.6) is 11.6 Å². The maximum Gasteiger partial charge on any atom is 0.263 e. The summed E-state index contributed by atoms with van der Waals surface area (Å²) in [5.41, 5.74) is 0.983. The Hall–Kier alpha value is -2.60. The first kappa shape index (κ1) is 20.7. The maximum absolute atomic E-state index is 13.2. The number of hydrogen-bond acceptors (Lipinski definition) is 4. The number of carbonyl (C=O) groups excluding carboxylic acids is 2. The van der Waals surface area contributed by atoms with Gasteiger partial charge in [0, 0.05) is 30.2 Å². The van der Waals surface area contributed by atoms with E-state index in [0.717, 1.165) is 12.8 Å². The van der Waals surface area contributed by atoms with Crippen molar-refractivity contribution in [2.24, 2.45) is 5.92 Å². The number of halogens is 1. The number of carbonyl (C=O) groups is 2. The largest absolute Gasteiger partial charge is 0.436 e. The number of nitrogens with zero attached hydrogens (tertiary/aromatic N) is 2. The summed E-state index contributed by atoms with van der Waals surface area (Å²) < 4.78 is 5.89. The Bertz CT molecular complexity index is 949. The second-order valence-corrected chi connectivity index (χ2v) is 8.50. The molecule has 158 valence electrons. The van der Waals surface area contributed by atoms with Gasteiger partial charge >= 0.3 is 0 Å². The van der Waals surface area contributed by atoms with Crippen molar-refractivity contribution in [1.82, 2.24) is 10.3 Å². The van der Waals surface area contributed by atoms with Gasteiger partial charge in [-0.1, -0.05) is 31.4 Å². The van der Waals surface area contributed by atoms with Crippen molar-refractivity contribution in [2.75, 3.05) is 11.4 Å². The van der Waals surface area contributed by atoms with Crippen molar-refractivity contribution in [3.63, 3.8) is 0 Å². The lowest BCUT2D eigenvalue weighted by atomic mass is 9.86. The smallest absolute Gasteiger partial charge is 0.263 e. The highest BCUT2D eigenvalue weighted by atomic mass is 35.5. The molecule has 0 bridgehead atoms. The van der Waals surface area contributed by atoms with E-state index in [2.05, 4.69) is 17.2 Å². The van der Waals surface area contributed by atoms with Crippen LogP contribution in [0.4, 0.5) is 5.69 Å². The fourth-order valence-electron chi connectivity index (χ4n) is 4.21. The zero-order valence-electron chi connectivity index (χ0n) is 17.1. The Labute approximate surface area is 181 Å². The predicted molar refractivity (Wildman–Crippen MR) is 116 cm³/mol. The van der Waals surface area contributed by atoms with E-state index < -0.39 is 0 Å². The SMILES string of the molecule is C[C@@H]1CCCC[C@H]1NC(=O)CCCN1C(=O)c2cccnc2Oc2ccc(Cl)cc21. The standard InChI is InChI=1S/C23H26ClN3O3/c1-15-6-2-3-8-18(15)26-21(28)9-5-13-27-19-14-16(24)10-11-20(19)30-22-17(23(27)29)7-4-12-25-22/h4,7,10-12,14-15,18H,2-3,5-6,8-9,13H2,1H3,(H,26,28)/t15-,18-/m1/s1. The summed E-state index contributed by atoms with van der Waals surface area (Å²) in [4.78, 5) is 31.5. The minimum atomic E-state index is -0.208. The summed E-state index contributed by atoms with van der Waals surface area (Å²) in [5, 5.41) is 3.69. The summed E-state index contributed by atoms with van der Waals surface area (Å²) in [6, 6.07) is 8.83. The van der Waals surface area contributed by atoms with Gasteiger partial charge in [0.15, 0.2) is 5.75 Å². The number of ether oxygens (including phenoxy) is 1. The van der Waals surface area contributed by atoms with Gasteiger partial charge in [-0.2, -0.15) is 0 Å². The van der Waals surface area contributed by atoms with Crippen LogP contribution in [0.1, 0.15) is 55.8 Å². The number of nitrogens with one attached hydrogen (secondary N) is 1. The number of aromatic nitrogens is 1. The highest BCUT2D eigenvalue weighted by Gasteiger charge is 2.29. The van der Waals surface area contributed by atoms with Gasteiger partial charge in [0.1, 0.15) is 5.56 Å². The van der Waals surface area contributed by atoms with Gasteiger partial charge in [-0.25, -0.2) is 4.98 Å². The quantitative estimate of drug-likeness (QED) is 0.731. The first-order valence-corrected chi connectivity index (χ1v) is 10.9. The summed E-state index contributed by atoms with van der Waals surface area (Å²) in [6.07, 6.45) is 7.12. The fraction of sp³-hybridized carbons (Fsp3) is 0.435. The van der Waals surface area contributed by atoms with Crippen LogP contribution in [-0.2, 0) is 4.79 Å². The van der Waals surface area contributed by atoms with Crippen LogP contribution in [-0.4, -0.2) is 29.4 Å². The number of amides is 2. The average Bonchev–Trinajstić information content (AvgIpc) is 2.85. The molecule has 1 fully saturated rings. The third-order valence-electron chi connectivity index (χ3n) is 5.91. The summed E-state index contributed by atoms with van der Waals surface area (Å²) in [5.74, 6) is 1.15. The Morgan fingerprint density at radius 2 is 2.13 bits per heavy atom. The normalized spacial score (nSPS) is 20.6. The van der Waals surface area contributed by atoms with Gasteiger partial charge in [-0.3, -0.25) is 9.59 Å². The Kier molecular flexibility index (Phi) is 6.23. The lowest BCUT2D eigenvalue weighted by molar-refractivity contribution is -0.122. The Morgan fingerprint density at radius 1 is 1.30 bits per heavy atom. The molecule has 2 aromatic rings. The molecule has 7 heteroatoms. The van der Waals surface area contributed by atoms with Gasteiger partial charge in [-0.15, -0.1) is 0 Å². The first-order valence-electron chi connectivity index (χ1n) is 10.6. The van der Waals surface area contributed by atoms with Gasteiger partial charge in [0.05, 0.1) is 5.69 Å². The molecule has 0 spiro atoms. The molecule has 2 aliphatic rings. The molecule has 0 unspecified atom stereocenters. The van der Waals surface area contributed by atoms with Crippen molar-refractivity contribution in [3.8, 4) is 11.6 Å². The molecule has 1 aliphatic carbocycles. The third-order valence-corrected chi connectivity index (χ3v) is 6.14. The third kappa shape index (κ3) is 4.43. The molecule has 0 radical (unpaired) electrons. The zero-order valence-corrected chi connectivity index (χ0v) is 17.8. The van der Waals surface area contributed by atoms with Crippen LogP contribution in [0.25, 0.3) is 0 Å². The zero-order chi connectivity index (χ0) is 21.1. The summed E-state index contributed by atoms with van der Waals surface area (Å²) in [7, 11) is 0. The van der Waals surface area contributed by atoms with Crippen molar-refractivity contribution >= 4 is 29.1 Å². The monoisotopic (exact) mass is 427 g/mol. The summed E-state index contributed by atoms with van der Waals surface area (Å²) in [6.45, 7) is 2.59. The minimum absolute atomic E-state index is 0.0423. The Balaban J connectivity index is 1.46. The lowest BCUT2D eigenvalue weighted by Crippen LogP contribution is -2.41. The van der Waals surface area contributed by atoms with Crippen LogP contribution in [0.3, 0.4) is 0 Å². The molecule has 1 N–H and O–H groups in total. The topological polar surface area (TPSA) is 71.5 Å². The minimum Gasteiger partial charge on any atom is -0.436 e. The van der Waals surface area contributed by atoms with Gasteiger partial charge in [-0.05, 0) is 55.5 Å². The van der Waals surface area contributed by atoms with Crippen LogP contribution in [0.2, 0.25) is 5.02 Å². The highest BCUT2D eigenvalue weighted by molar-refractivity contribution is 6.31. The molecule has 6 nitrogen and oxygen atoms in total. The van der Waals surface area contributed by atoms with Gasteiger partial charge in [0.25, 0.3) is 5.91 Å². The fourth-order valence-corrected chi connectivity index (χ4v) is 4.38. The molecular weight excluding hydrogens is 402 g/mol. The predicted octanol–water partition coefficient (Wildman–Crippen LogP) is 4.96. The lowest BCUT2D eigenvalue weighted by Gasteiger charge is -2.29. The van der Waals surface area contributed by atoms with E-state index in [-0.39, 0.29) is 23.7 Å². The van der Waals surface area contributed by atoms with Crippen LogP contribution in [0, 0.1) is 5.92 Å². The molecular formula is C23H26ClN3O3. The average molecular weight is 428 g/mol. The molecule has 2 heterocycles. The van der Waals surface area contributed by atoms with E-state index in [1.54, 1.807) is 41.4 Å². The van der Waals surface area contributed by atoms with Crippen LogP contribution in [0.15, 0.2) is 36.5 Å². The van der Waals surface area contributed by atoms with E-state index in [4.69, 9.17) is 16.3 Å². The van der Waals surface area contributed by atoms with E-state index in [9.17, 15) is 9.59 Å². The highest BCUT2D eigenvalue weighted by Crippen LogP contribution is 2.39. The molecule has 0 saturated heterocycles. The molecule has 4 rings (SSSR count). The van der Waals surface area contributed by atoms with Crippen molar-refractivity contribution in [2.45, 2.75) is 51.5 Å². The number of anilines is 1. The van der Waals surface area contributed by atoms with Crippen molar-refractivity contribution in [3.05, 3.63) is 47.1 Å². The van der Waals surface area contributed by atoms with Gasteiger partial charge in [0.2, 0.25) is 11.8 Å². The van der Waals surface area contributed by atoms with E-state index in [1.807, 2.05) is 0 Å².